The monoisotopic (exact) mass is 674 g/mol. The number of allylic oxidation sites excluding steroid dienone is 5. The maximum Gasteiger partial charge on any atom is 0.324 e. The smallest absolute Gasteiger partial charge is 0.324 e. The fraction of sp³-hybridized carbons (Fsp3) is 0.795. The Kier molecular flexibility index (Phi) is 9.13. The predicted octanol–water partition coefficient (Wildman–Crippen LogP) is 10.4. The van der Waals surface area contributed by atoms with Crippen LogP contribution in [0.5, 0.6) is 0 Å². The molecule has 5 nitrogen and oxygen atoms in total. The first-order chi connectivity index (χ1) is 22.8. The van der Waals surface area contributed by atoms with E-state index in [-0.39, 0.29) is 39.3 Å². The van der Waals surface area contributed by atoms with Gasteiger partial charge in [0, 0.05) is 5.41 Å². The summed E-state index contributed by atoms with van der Waals surface area (Å²) >= 11 is 0. The minimum Gasteiger partial charge on any atom is -0.462 e. The lowest BCUT2D eigenvalue weighted by atomic mass is 9.32. The number of carbonyl (C=O) groups excluding carboxylic acids is 3. The van der Waals surface area contributed by atoms with Crippen molar-refractivity contribution in [2.75, 3.05) is 0 Å². The van der Waals surface area contributed by atoms with Crippen LogP contribution >= 0.6 is 0 Å². The number of fused-ring (bicyclic) bond motifs is 7. The van der Waals surface area contributed by atoms with Gasteiger partial charge < -0.3 is 14.3 Å². The van der Waals surface area contributed by atoms with E-state index in [9.17, 15) is 14.4 Å². The zero-order valence-electron chi connectivity index (χ0n) is 32.5. The average molecular weight is 675 g/mol. The normalized spacial score (nSPS) is 42.1. The van der Waals surface area contributed by atoms with Crippen molar-refractivity contribution in [2.24, 2.45) is 62.1 Å². The largest absolute Gasteiger partial charge is 0.462 e. The van der Waals surface area contributed by atoms with Gasteiger partial charge in [-0.25, -0.2) is 0 Å². The summed E-state index contributed by atoms with van der Waals surface area (Å²) in [5.41, 5.74) is 3.20. The number of ether oxygens (including phenoxy) is 2. The molecule has 0 amide bonds. The van der Waals surface area contributed by atoms with E-state index < -0.39 is 17.4 Å². The minimum atomic E-state index is -1.28. The van der Waals surface area contributed by atoms with Gasteiger partial charge in [-0.2, -0.15) is 0 Å². The maximum absolute atomic E-state index is 13.4. The minimum absolute atomic E-state index is 0.0233. The van der Waals surface area contributed by atoms with Gasteiger partial charge >= 0.3 is 11.9 Å². The van der Waals surface area contributed by atoms with Gasteiger partial charge in [0.25, 0.3) is 0 Å². The fourth-order valence-electron chi connectivity index (χ4n) is 13.8. The van der Waals surface area contributed by atoms with Crippen LogP contribution in [-0.4, -0.2) is 30.4 Å². The van der Waals surface area contributed by atoms with E-state index in [4.69, 9.17) is 9.47 Å². The summed E-state index contributed by atoms with van der Waals surface area (Å²) in [6, 6.07) is 0. The Morgan fingerprint density at radius 3 is 2.00 bits per heavy atom. The summed E-state index contributed by atoms with van der Waals surface area (Å²) in [5.74, 6) is 1.78. The summed E-state index contributed by atoms with van der Waals surface area (Å²) in [6.07, 6.45) is 17.3. The number of hydrogen-bond acceptors (Lipinski definition) is 5. The highest BCUT2D eigenvalue weighted by Crippen LogP contribution is 2.77. The molecule has 0 saturated heterocycles. The Morgan fingerprint density at radius 1 is 0.796 bits per heavy atom. The molecular formula is C44H66O5. The third-order valence-corrected chi connectivity index (χ3v) is 16.3. The van der Waals surface area contributed by atoms with E-state index >= 15 is 0 Å². The lowest BCUT2D eigenvalue weighted by molar-refractivity contribution is -0.224. The van der Waals surface area contributed by atoms with Crippen molar-refractivity contribution in [3.63, 3.8) is 0 Å². The Balaban J connectivity index is 1.30. The molecule has 0 N–H and O–H groups in total. The van der Waals surface area contributed by atoms with Gasteiger partial charge in [-0.1, -0.05) is 58.9 Å². The Hall–Kier alpha value is -2.17. The summed E-state index contributed by atoms with van der Waals surface area (Å²) in [6.45, 7) is 26.8. The molecule has 5 heteroatoms. The van der Waals surface area contributed by atoms with Crippen LogP contribution in [0, 0.1) is 62.1 Å². The molecule has 0 radical (unpaired) electrons. The molecule has 4 fully saturated rings. The SMILES string of the molecule is C=C(C)C1CCC2(C=O)CCC3(C)C(CCC4C5(C)CC=C(C6=CCC(C(=O)OC(C)C)(C(=O)OC(C)C)CC6)C(C)(C)C5CCC43C)C12. The van der Waals surface area contributed by atoms with Crippen LogP contribution in [0.25, 0.3) is 0 Å². The van der Waals surface area contributed by atoms with Gasteiger partial charge in [0.15, 0.2) is 5.41 Å². The number of aldehydes is 1. The van der Waals surface area contributed by atoms with Gasteiger partial charge in [0.05, 0.1) is 12.2 Å². The zero-order valence-corrected chi connectivity index (χ0v) is 32.5. The highest BCUT2D eigenvalue weighted by Gasteiger charge is 2.70. The maximum atomic E-state index is 13.4. The molecular weight excluding hydrogens is 608 g/mol. The first-order valence-electron chi connectivity index (χ1n) is 19.8. The molecule has 49 heavy (non-hydrogen) atoms. The molecule has 9 unspecified atom stereocenters. The molecule has 6 aliphatic rings. The van der Waals surface area contributed by atoms with Gasteiger partial charge in [-0.05, 0) is 174 Å². The van der Waals surface area contributed by atoms with Crippen LogP contribution in [0.3, 0.4) is 0 Å². The van der Waals surface area contributed by atoms with Crippen molar-refractivity contribution >= 4 is 18.2 Å². The standard InChI is InChI=1S/C44H66O5/c1-27(2)31-16-21-43(26-45)25-24-41(10)33(36(31)43)12-13-35-40(9)19-17-32(39(7,8)34(40)18-20-42(35,41)11)30-14-22-44(23-15-30,37(46)48-28(3)4)38(47)49-29(5)6/h14,17,26,28-29,31,33-36H,1,12-13,15-16,18-25H2,2-11H3. The van der Waals surface area contributed by atoms with E-state index in [2.05, 4.69) is 60.3 Å². The van der Waals surface area contributed by atoms with Crippen LogP contribution in [0.4, 0.5) is 0 Å². The van der Waals surface area contributed by atoms with E-state index in [0.29, 0.717) is 48.9 Å². The molecule has 0 spiro atoms. The molecule has 0 aliphatic heterocycles. The highest BCUT2D eigenvalue weighted by molar-refractivity contribution is 6.00. The third-order valence-electron chi connectivity index (χ3n) is 16.3. The second kappa shape index (κ2) is 12.2. The van der Waals surface area contributed by atoms with Crippen molar-refractivity contribution < 1.29 is 23.9 Å². The molecule has 6 rings (SSSR count). The summed E-state index contributed by atoms with van der Waals surface area (Å²) < 4.78 is 11.3. The average Bonchev–Trinajstić information content (AvgIpc) is 3.41. The Morgan fingerprint density at radius 2 is 1.45 bits per heavy atom. The van der Waals surface area contributed by atoms with Crippen LogP contribution < -0.4 is 0 Å². The fourth-order valence-corrected chi connectivity index (χ4v) is 13.8. The van der Waals surface area contributed by atoms with Gasteiger partial charge in [0.1, 0.15) is 6.29 Å². The molecule has 0 aromatic heterocycles. The van der Waals surface area contributed by atoms with Crippen molar-refractivity contribution in [3.05, 3.63) is 35.5 Å². The topological polar surface area (TPSA) is 69.7 Å². The molecule has 0 bridgehead atoms. The van der Waals surface area contributed by atoms with Crippen molar-refractivity contribution in [3.8, 4) is 0 Å². The van der Waals surface area contributed by atoms with Gasteiger partial charge in [0.2, 0.25) is 0 Å². The van der Waals surface area contributed by atoms with Gasteiger partial charge in [-0.3, -0.25) is 9.59 Å². The summed E-state index contributed by atoms with van der Waals surface area (Å²) in [7, 11) is 0. The van der Waals surface area contributed by atoms with Crippen molar-refractivity contribution in [2.45, 2.75) is 158 Å². The first kappa shape index (κ1) is 36.6. The Bertz CT molecular complexity index is 1420. The quantitative estimate of drug-likeness (QED) is 0.116. The molecule has 4 saturated carbocycles. The van der Waals surface area contributed by atoms with Crippen LogP contribution in [0.15, 0.2) is 35.5 Å². The summed E-state index contributed by atoms with van der Waals surface area (Å²) in [4.78, 5) is 39.7. The van der Waals surface area contributed by atoms with Crippen molar-refractivity contribution in [1.82, 2.24) is 0 Å². The zero-order chi connectivity index (χ0) is 35.9. The highest BCUT2D eigenvalue weighted by atomic mass is 16.6. The number of esters is 2. The molecule has 9 atom stereocenters. The van der Waals surface area contributed by atoms with Crippen molar-refractivity contribution in [1.29, 1.82) is 0 Å². The third kappa shape index (κ3) is 5.22. The Labute approximate surface area is 297 Å². The number of carbonyl (C=O) groups is 3. The summed E-state index contributed by atoms with van der Waals surface area (Å²) in [5, 5.41) is 0. The second-order valence-corrected chi connectivity index (χ2v) is 19.5. The van der Waals surface area contributed by atoms with E-state index in [1.807, 2.05) is 27.7 Å². The van der Waals surface area contributed by atoms with E-state index in [0.717, 1.165) is 25.7 Å². The lowest BCUT2D eigenvalue weighted by Gasteiger charge is -2.72. The molecule has 0 aromatic rings. The molecule has 272 valence electrons. The van der Waals surface area contributed by atoms with Gasteiger partial charge in [-0.15, -0.1) is 0 Å². The second-order valence-electron chi connectivity index (χ2n) is 19.5. The molecule has 6 aliphatic carbocycles. The van der Waals surface area contributed by atoms with E-state index in [1.165, 1.54) is 55.1 Å². The first-order valence-corrected chi connectivity index (χ1v) is 19.8. The molecule has 0 aromatic carbocycles. The van der Waals surface area contributed by atoms with E-state index in [1.54, 1.807) is 0 Å². The van der Waals surface area contributed by atoms with Crippen LogP contribution in [0.2, 0.25) is 0 Å². The number of hydrogen-bond donors (Lipinski definition) is 0. The predicted molar refractivity (Wildman–Crippen MR) is 195 cm³/mol. The lowest BCUT2D eigenvalue weighted by Crippen LogP contribution is -2.65. The number of rotatable bonds is 7. The van der Waals surface area contributed by atoms with Crippen LogP contribution in [-0.2, 0) is 23.9 Å². The van der Waals surface area contributed by atoms with Crippen LogP contribution in [0.1, 0.15) is 146 Å². The molecule has 0 heterocycles.